The zero-order chi connectivity index (χ0) is 8.55. The lowest BCUT2D eigenvalue weighted by molar-refractivity contribution is 0.925. The van der Waals surface area contributed by atoms with Gasteiger partial charge in [0.25, 0.3) is 0 Å². The fourth-order valence-electron chi connectivity index (χ4n) is 1.89. The van der Waals surface area contributed by atoms with Crippen LogP contribution < -0.4 is 0 Å². The summed E-state index contributed by atoms with van der Waals surface area (Å²) in [6.45, 7) is 4.44. The molecule has 1 aromatic rings. The van der Waals surface area contributed by atoms with Gasteiger partial charge >= 0.3 is 0 Å². The Labute approximate surface area is 73.7 Å². The van der Waals surface area contributed by atoms with Crippen molar-refractivity contribution in [2.24, 2.45) is 0 Å². The van der Waals surface area contributed by atoms with E-state index >= 15 is 0 Å². The van der Waals surface area contributed by atoms with E-state index in [1.807, 2.05) is 0 Å². The van der Waals surface area contributed by atoms with Gasteiger partial charge in [-0.05, 0) is 30.5 Å². The van der Waals surface area contributed by atoms with Gasteiger partial charge in [0.15, 0.2) is 0 Å². The topological polar surface area (TPSA) is 4.93 Å². The summed E-state index contributed by atoms with van der Waals surface area (Å²) >= 11 is 0. The van der Waals surface area contributed by atoms with Crippen LogP contribution in [0.25, 0.3) is 6.20 Å². The van der Waals surface area contributed by atoms with Gasteiger partial charge in [0.2, 0.25) is 0 Å². The zero-order valence-corrected chi connectivity index (χ0v) is 7.67. The number of rotatable bonds is 2. The molecule has 0 N–H and O–H groups in total. The molecule has 0 fully saturated rings. The molecule has 1 aromatic heterocycles. The van der Waals surface area contributed by atoms with Crippen molar-refractivity contribution in [3.05, 3.63) is 35.5 Å². The SMILES string of the molecule is CC[C]1C(CC)=Cn2cccc21. The molecule has 1 aliphatic heterocycles. The lowest BCUT2D eigenvalue weighted by Gasteiger charge is -2.08. The Morgan fingerprint density at radius 3 is 2.75 bits per heavy atom. The maximum absolute atomic E-state index is 2.24. The number of allylic oxidation sites excluding steroid dienone is 1. The first-order valence-corrected chi connectivity index (χ1v) is 4.61. The Bertz CT molecular complexity index is 307. The van der Waals surface area contributed by atoms with Crippen molar-refractivity contribution in [1.82, 2.24) is 4.57 Å². The van der Waals surface area contributed by atoms with E-state index in [2.05, 4.69) is 42.9 Å². The first-order chi connectivity index (χ1) is 5.86. The number of nitrogens with zero attached hydrogens (tertiary/aromatic N) is 1. The van der Waals surface area contributed by atoms with Crippen LogP contribution in [0, 0.1) is 5.92 Å². The van der Waals surface area contributed by atoms with Crippen LogP contribution in [0.3, 0.4) is 0 Å². The summed E-state index contributed by atoms with van der Waals surface area (Å²) in [6, 6.07) is 4.30. The average Bonchev–Trinajstić information content (AvgIpc) is 2.61. The predicted octanol–water partition coefficient (Wildman–Crippen LogP) is 3.09. The van der Waals surface area contributed by atoms with E-state index in [9.17, 15) is 0 Å². The summed E-state index contributed by atoms with van der Waals surface area (Å²) in [6.07, 6.45) is 6.65. The molecule has 0 saturated carbocycles. The molecule has 0 aromatic carbocycles. The highest BCUT2D eigenvalue weighted by atomic mass is 15.0. The normalized spacial score (nSPS) is 16.3. The summed E-state index contributed by atoms with van der Waals surface area (Å²) in [5, 5.41) is 0. The molecular formula is C11H14N. The van der Waals surface area contributed by atoms with Crippen LogP contribution in [0.4, 0.5) is 0 Å². The van der Waals surface area contributed by atoms with E-state index in [1.165, 1.54) is 17.2 Å². The van der Waals surface area contributed by atoms with Crippen LogP contribution in [0.1, 0.15) is 32.4 Å². The van der Waals surface area contributed by atoms with Crippen LogP contribution in [0.5, 0.6) is 0 Å². The standard InChI is InChI=1S/C11H14N/c1-3-9-8-12-7-5-6-11(12)10(9)4-2/h5-8H,3-4H2,1-2H3. The lowest BCUT2D eigenvalue weighted by Crippen LogP contribution is -1.97. The molecule has 2 rings (SSSR count). The molecule has 1 heteroatoms. The molecule has 0 unspecified atom stereocenters. The maximum Gasteiger partial charge on any atom is 0.0481 e. The third-order valence-corrected chi connectivity index (χ3v) is 2.51. The van der Waals surface area contributed by atoms with Gasteiger partial charge in [-0.15, -0.1) is 0 Å². The molecular weight excluding hydrogens is 146 g/mol. The van der Waals surface area contributed by atoms with Crippen LogP contribution >= 0.6 is 0 Å². The van der Waals surface area contributed by atoms with Crippen molar-refractivity contribution in [1.29, 1.82) is 0 Å². The molecule has 1 aliphatic rings. The van der Waals surface area contributed by atoms with E-state index in [1.54, 1.807) is 0 Å². The monoisotopic (exact) mass is 160 g/mol. The van der Waals surface area contributed by atoms with Gasteiger partial charge in [-0.3, -0.25) is 0 Å². The second kappa shape index (κ2) is 2.81. The Morgan fingerprint density at radius 1 is 1.25 bits per heavy atom. The first kappa shape index (κ1) is 7.66. The molecule has 0 bridgehead atoms. The first-order valence-electron chi connectivity index (χ1n) is 4.61. The molecule has 0 spiro atoms. The molecule has 0 atom stereocenters. The lowest BCUT2D eigenvalue weighted by atomic mass is 9.94. The van der Waals surface area contributed by atoms with Gasteiger partial charge in [0, 0.05) is 24.0 Å². The highest BCUT2D eigenvalue weighted by molar-refractivity contribution is 5.57. The van der Waals surface area contributed by atoms with E-state index in [-0.39, 0.29) is 0 Å². The summed E-state index contributed by atoms with van der Waals surface area (Å²) in [5.41, 5.74) is 2.88. The van der Waals surface area contributed by atoms with E-state index in [0.717, 1.165) is 12.8 Å². The maximum atomic E-state index is 2.24. The van der Waals surface area contributed by atoms with Crippen molar-refractivity contribution >= 4 is 6.20 Å². The minimum Gasteiger partial charge on any atom is -0.327 e. The second-order valence-electron chi connectivity index (χ2n) is 3.14. The van der Waals surface area contributed by atoms with Gasteiger partial charge in [0.05, 0.1) is 0 Å². The molecule has 1 nitrogen and oxygen atoms in total. The van der Waals surface area contributed by atoms with Crippen LogP contribution in [-0.2, 0) is 0 Å². The van der Waals surface area contributed by atoms with E-state index in [4.69, 9.17) is 0 Å². The smallest absolute Gasteiger partial charge is 0.0481 e. The highest BCUT2D eigenvalue weighted by Gasteiger charge is 2.22. The number of hydrogen-bond acceptors (Lipinski definition) is 0. The van der Waals surface area contributed by atoms with Crippen molar-refractivity contribution in [2.75, 3.05) is 0 Å². The molecule has 12 heavy (non-hydrogen) atoms. The number of fused-ring (bicyclic) bond motifs is 1. The van der Waals surface area contributed by atoms with E-state index < -0.39 is 0 Å². The second-order valence-corrected chi connectivity index (χ2v) is 3.14. The molecule has 1 radical (unpaired) electrons. The minimum absolute atomic E-state index is 1.14. The third kappa shape index (κ3) is 0.927. The molecule has 2 heterocycles. The quantitative estimate of drug-likeness (QED) is 0.626. The van der Waals surface area contributed by atoms with Gasteiger partial charge in [-0.1, -0.05) is 13.8 Å². The Kier molecular flexibility index (Phi) is 1.80. The van der Waals surface area contributed by atoms with Gasteiger partial charge in [-0.25, -0.2) is 0 Å². The molecule has 0 saturated heterocycles. The Hall–Kier alpha value is -0.980. The van der Waals surface area contributed by atoms with Crippen molar-refractivity contribution in [3.63, 3.8) is 0 Å². The summed E-state index contributed by atoms with van der Waals surface area (Å²) in [5.74, 6) is 1.52. The summed E-state index contributed by atoms with van der Waals surface area (Å²) < 4.78 is 2.22. The zero-order valence-electron chi connectivity index (χ0n) is 7.67. The van der Waals surface area contributed by atoms with Crippen molar-refractivity contribution < 1.29 is 0 Å². The van der Waals surface area contributed by atoms with Crippen molar-refractivity contribution in [3.8, 4) is 0 Å². The van der Waals surface area contributed by atoms with Gasteiger partial charge in [-0.2, -0.15) is 0 Å². The summed E-state index contributed by atoms with van der Waals surface area (Å²) in [4.78, 5) is 0. The third-order valence-electron chi connectivity index (χ3n) is 2.51. The molecule has 0 aliphatic carbocycles. The van der Waals surface area contributed by atoms with Gasteiger partial charge < -0.3 is 4.57 Å². The fourth-order valence-corrected chi connectivity index (χ4v) is 1.89. The fraction of sp³-hybridized carbons (Fsp3) is 0.364. The number of aromatic nitrogens is 1. The van der Waals surface area contributed by atoms with Gasteiger partial charge in [0.1, 0.15) is 0 Å². The average molecular weight is 160 g/mol. The minimum atomic E-state index is 1.14. The number of hydrogen-bond donors (Lipinski definition) is 0. The van der Waals surface area contributed by atoms with Crippen LogP contribution in [0.15, 0.2) is 23.9 Å². The van der Waals surface area contributed by atoms with Crippen molar-refractivity contribution in [2.45, 2.75) is 26.7 Å². The summed E-state index contributed by atoms with van der Waals surface area (Å²) in [7, 11) is 0. The largest absolute Gasteiger partial charge is 0.327 e. The molecule has 63 valence electrons. The molecule has 0 amide bonds. The Balaban J connectivity index is 2.40. The predicted molar refractivity (Wildman–Crippen MR) is 51.6 cm³/mol. The van der Waals surface area contributed by atoms with Crippen LogP contribution in [-0.4, -0.2) is 4.57 Å². The highest BCUT2D eigenvalue weighted by Crippen LogP contribution is 2.34. The van der Waals surface area contributed by atoms with E-state index in [0.29, 0.717) is 0 Å². The Morgan fingerprint density at radius 2 is 2.08 bits per heavy atom. The van der Waals surface area contributed by atoms with Crippen LogP contribution in [0.2, 0.25) is 0 Å².